The van der Waals surface area contributed by atoms with Crippen molar-refractivity contribution in [2.75, 3.05) is 0 Å². The van der Waals surface area contributed by atoms with Crippen LogP contribution in [0.25, 0.3) is 11.1 Å². The summed E-state index contributed by atoms with van der Waals surface area (Å²) in [5, 5.41) is -0.754. The Balaban J connectivity index is 2.54. The molecule has 1 aromatic carbocycles. The van der Waals surface area contributed by atoms with Crippen molar-refractivity contribution < 1.29 is 12.8 Å². The molecule has 0 radical (unpaired) electrons. The molecule has 1 unspecified atom stereocenters. The fraction of sp³-hybridized carbons (Fsp3) is 0.300. The van der Waals surface area contributed by atoms with Crippen LogP contribution in [0.1, 0.15) is 23.6 Å². The minimum absolute atomic E-state index is 0.550. The van der Waals surface area contributed by atoms with E-state index in [4.69, 9.17) is 15.1 Å². The van der Waals surface area contributed by atoms with Crippen molar-refractivity contribution in [2.24, 2.45) is 0 Å². The molecule has 16 heavy (non-hydrogen) atoms. The maximum Gasteiger partial charge on any atom is 0.239 e. The zero-order valence-corrected chi connectivity index (χ0v) is 10.3. The zero-order chi connectivity index (χ0) is 11.9. The lowest BCUT2D eigenvalue weighted by atomic mass is 10.1. The Morgan fingerprint density at radius 2 is 2.12 bits per heavy atom. The molecule has 0 aliphatic heterocycles. The maximum atomic E-state index is 11.2. The Bertz CT molecular complexity index is 633. The number of hydrogen-bond donors (Lipinski definition) is 0. The van der Waals surface area contributed by atoms with E-state index in [1.165, 1.54) is 6.92 Å². The van der Waals surface area contributed by atoms with Crippen molar-refractivity contribution >= 4 is 30.8 Å². The third-order valence-corrected chi connectivity index (χ3v) is 4.33. The molecule has 0 saturated heterocycles. The first-order valence-electron chi connectivity index (χ1n) is 4.68. The summed E-state index contributed by atoms with van der Waals surface area (Å²) in [6.07, 6.45) is 0. The van der Waals surface area contributed by atoms with Gasteiger partial charge in [0.15, 0.2) is 11.5 Å². The summed E-state index contributed by atoms with van der Waals surface area (Å²) in [4.78, 5) is 4.13. The van der Waals surface area contributed by atoms with Gasteiger partial charge in [-0.1, -0.05) is 6.07 Å². The van der Waals surface area contributed by atoms with Crippen LogP contribution in [0.2, 0.25) is 0 Å². The molecule has 0 fully saturated rings. The second kappa shape index (κ2) is 3.75. The van der Waals surface area contributed by atoms with Crippen LogP contribution in [-0.4, -0.2) is 13.4 Å². The van der Waals surface area contributed by atoms with Crippen LogP contribution in [-0.2, 0) is 9.05 Å². The van der Waals surface area contributed by atoms with Gasteiger partial charge in [-0.15, -0.1) is 0 Å². The molecule has 86 valence electrons. The number of benzene rings is 1. The Labute approximate surface area is 97.7 Å². The molecule has 0 aliphatic rings. The minimum atomic E-state index is -3.60. The molecule has 0 N–H and O–H groups in total. The van der Waals surface area contributed by atoms with Crippen molar-refractivity contribution in [2.45, 2.75) is 19.1 Å². The van der Waals surface area contributed by atoms with E-state index in [0.29, 0.717) is 22.6 Å². The first-order chi connectivity index (χ1) is 7.38. The SMILES string of the molecule is Cc1nc2cc(C(C)S(=O)(=O)Cl)ccc2o1. The van der Waals surface area contributed by atoms with Crippen molar-refractivity contribution in [3.63, 3.8) is 0 Å². The first-order valence-corrected chi connectivity index (χ1v) is 7.06. The van der Waals surface area contributed by atoms with Gasteiger partial charge in [-0.25, -0.2) is 13.4 Å². The van der Waals surface area contributed by atoms with Gasteiger partial charge in [0.2, 0.25) is 9.05 Å². The van der Waals surface area contributed by atoms with Gasteiger partial charge in [-0.05, 0) is 24.6 Å². The maximum absolute atomic E-state index is 11.2. The van der Waals surface area contributed by atoms with E-state index < -0.39 is 14.3 Å². The van der Waals surface area contributed by atoms with Crippen molar-refractivity contribution in [3.8, 4) is 0 Å². The van der Waals surface area contributed by atoms with Crippen LogP contribution >= 0.6 is 10.7 Å². The van der Waals surface area contributed by atoms with E-state index in [2.05, 4.69) is 4.98 Å². The van der Waals surface area contributed by atoms with Gasteiger partial charge in [-0.3, -0.25) is 0 Å². The van der Waals surface area contributed by atoms with Crippen LogP contribution < -0.4 is 0 Å². The molecule has 1 heterocycles. The van der Waals surface area contributed by atoms with Gasteiger partial charge in [0.05, 0.1) is 5.25 Å². The molecule has 1 atom stereocenters. The average Bonchev–Trinajstić information content (AvgIpc) is 2.54. The van der Waals surface area contributed by atoms with Crippen molar-refractivity contribution in [3.05, 3.63) is 29.7 Å². The number of hydrogen-bond acceptors (Lipinski definition) is 4. The number of nitrogens with zero attached hydrogens (tertiary/aromatic N) is 1. The summed E-state index contributed by atoms with van der Waals surface area (Å²) >= 11 is 0. The molecule has 0 bridgehead atoms. The molecule has 1 aromatic heterocycles. The monoisotopic (exact) mass is 259 g/mol. The van der Waals surface area contributed by atoms with E-state index in [1.807, 2.05) is 0 Å². The topological polar surface area (TPSA) is 60.2 Å². The highest BCUT2D eigenvalue weighted by molar-refractivity contribution is 8.13. The molecular formula is C10H10ClNO3S. The standard InChI is InChI=1S/C10H10ClNO3S/c1-6(16(11,13)14)8-3-4-10-9(5-8)12-7(2)15-10/h3-6H,1-2H3. The van der Waals surface area contributed by atoms with Crippen molar-refractivity contribution in [1.82, 2.24) is 4.98 Å². The lowest BCUT2D eigenvalue weighted by molar-refractivity contribution is 0.561. The molecule has 4 nitrogen and oxygen atoms in total. The molecular weight excluding hydrogens is 250 g/mol. The largest absolute Gasteiger partial charge is 0.441 e. The average molecular weight is 260 g/mol. The van der Waals surface area contributed by atoms with E-state index in [0.717, 1.165) is 0 Å². The molecule has 0 amide bonds. The Morgan fingerprint density at radius 3 is 2.75 bits per heavy atom. The molecule has 2 rings (SSSR count). The van der Waals surface area contributed by atoms with Gasteiger partial charge in [-0.2, -0.15) is 0 Å². The van der Waals surface area contributed by atoms with E-state index in [9.17, 15) is 8.42 Å². The van der Waals surface area contributed by atoms with Gasteiger partial charge < -0.3 is 4.42 Å². The van der Waals surface area contributed by atoms with Gasteiger partial charge in [0.25, 0.3) is 0 Å². The molecule has 0 aliphatic carbocycles. The highest BCUT2D eigenvalue weighted by Crippen LogP contribution is 2.27. The fourth-order valence-corrected chi connectivity index (χ4v) is 2.26. The molecule has 2 aromatic rings. The summed E-state index contributed by atoms with van der Waals surface area (Å²) in [5.74, 6) is 0.550. The van der Waals surface area contributed by atoms with Gasteiger partial charge >= 0.3 is 0 Å². The lowest BCUT2D eigenvalue weighted by Gasteiger charge is -2.06. The number of aromatic nitrogens is 1. The van der Waals surface area contributed by atoms with Crippen LogP contribution in [0.15, 0.2) is 22.6 Å². The normalized spacial score (nSPS) is 14.2. The predicted octanol–water partition coefficient (Wildman–Crippen LogP) is 2.77. The van der Waals surface area contributed by atoms with Gasteiger partial charge in [0, 0.05) is 17.6 Å². The fourth-order valence-electron chi connectivity index (χ4n) is 1.48. The van der Waals surface area contributed by atoms with Crippen molar-refractivity contribution in [1.29, 1.82) is 0 Å². The molecule has 6 heteroatoms. The quantitative estimate of drug-likeness (QED) is 0.778. The van der Waals surface area contributed by atoms with Gasteiger partial charge in [0.1, 0.15) is 5.52 Å². The Morgan fingerprint density at radius 1 is 1.44 bits per heavy atom. The number of fused-ring (bicyclic) bond motifs is 1. The highest BCUT2D eigenvalue weighted by atomic mass is 35.7. The second-order valence-electron chi connectivity index (χ2n) is 3.58. The van der Waals surface area contributed by atoms with Crippen LogP contribution in [0.5, 0.6) is 0 Å². The summed E-state index contributed by atoms with van der Waals surface area (Å²) < 4.78 is 27.7. The van der Waals surface area contributed by atoms with Crippen LogP contribution in [0.3, 0.4) is 0 Å². The number of rotatable bonds is 2. The van der Waals surface area contributed by atoms with Crippen LogP contribution in [0, 0.1) is 6.92 Å². The first kappa shape index (κ1) is 11.4. The zero-order valence-electron chi connectivity index (χ0n) is 8.77. The Hall–Kier alpha value is -1.07. The summed E-state index contributed by atoms with van der Waals surface area (Å²) in [6.45, 7) is 3.28. The smallest absolute Gasteiger partial charge is 0.239 e. The van der Waals surface area contributed by atoms with E-state index in [-0.39, 0.29) is 0 Å². The molecule has 0 spiro atoms. The lowest BCUT2D eigenvalue weighted by Crippen LogP contribution is -2.02. The minimum Gasteiger partial charge on any atom is -0.441 e. The van der Waals surface area contributed by atoms with Crippen LogP contribution in [0.4, 0.5) is 0 Å². The highest BCUT2D eigenvalue weighted by Gasteiger charge is 2.20. The summed E-state index contributed by atoms with van der Waals surface area (Å²) in [6, 6.07) is 5.05. The predicted molar refractivity (Wildman–Crippen MR) is 61.9 cm³/mol. The Kier molecular flexibility index (Phi) is 2.67. The molecule has 0 saturated carbocycles. The summed E-state index contributed by atoms with van der Waals surface area (Å²) in [5.41, 5.74) is 1.89. The second-order valence-corrected chi connectivity index (χ2v) is 6.53. The van der Waals surface area contributed by atoms with E-state index in [1.54, 1.807) is 25.1 Å². The number of aryl methyl sites for hydroxylation is 1. The third-order valence-electron chi connectivity index (χ3n) is 2.41. The summed E-state index contributed by atoms with van der Waals surface area (Å²) in [7, 11) is 1.70. The van der Waals surface area contributed by atoms with E-state index >= 15 is 0 Å². The third kappa shape index (κ3) is 2.05. The number of halogens is 1. The number of oxazole rings is 1.